The average molecular weight is 283 g/mol. The van der Waals surface area contributed by atoms with Gasteiger partial charge in [-0.15, -0.1) is 5.10 Å². The van der Waals surface area contributed by atoms with Gasteiger partial charge in [0.05, 0.1) is 11.7 Å². The van der Waals surface area contributed by atoms with Crippen molar-refractivity contribution in [3.63, 3.8) is 0 Å². The van der Waals surface area contributed by atoms with Gasteiger partial charge < -0.3 is 15.2 Å². The summed E-state index contributed by atoms with van der Waals surface area (Å²) in [7, 11) is 0. The molecule has 102 valence electrons. The highest BCUT2D eigenvalue weighted by molar-refractivity contribution is 7.08. The Morgan fingerprint density at radius 1 is 1.53 bits per heavy atom. The van der Waals surface area contributed by atoms with Crippen molar-refractivity contribution in [2.75, 3.05) is 0 Å². The number of carboxylic acid groups (broad SMARTS) is 1. The SMILES string of the molecule is Cc1nnsc1C(=O)NC(C=O)CCC=CC(=O)O. The predicted molar refractivity (Wildman–Crippen MR) is 68.0 cm³/mol. The average Bonchev–Trinajstić information content (AvgIpc) is 2.79. The highest BCUT2D eigenvalue weighted by Crippen LogP contribution is 2.09. The molecule has 0 bridgehead atoms. The number of hydrogen-bond donors (Lipinski definition) is 2. The van der Waals surface area contributed by atoms with Crippen LogP contribution < -0.4 is 5.32 Å². The van der Waals surface area contributed by atoms with E-state index in [1.807, 2.05) is 0 Å². The molecule has 0 saturated carbocycles. The van der Waals surface area contributed by atoms with E-state index in [-0.39, 0.29) is 0 Å². The molecule has 1 amide bonds. The molecule has 7 nitrogen and oxygen atoms in total. The first-order chi connectivity index (χ1) is 9.04. The second-order valence-electron chi connectivity index (χ2n) is 3.72. The molecule has 0 radical (unpaired) electrons. The summed E-state index contributed by atoms with van der Waals surface area (Å²) in [6.07, 6.45) is 3.78. The molecule has 1 unspecified atom stereocenters. The van der Waals surface area contributed by atoms with Gasteiger partial charge in [-0.05, 0) is 31.3 Å². The van der Waals surface area contributed by atoms with Gasteiger partial charge in [0.25, 0.3) is 5.91 Å². The van der Waals surface area contributed by atoms with Gasteiger partial charge in [-0.25, -0.2) is 4.79 Å². The highest BCUT2D eigenvalue weighted by Gasteiger charge is 2.16. The second kappa shape index (κ2) is 7.37. The van der Waals surface area contributed by atoms with Crippen molar-refractivity contribution in [2.45, 2.75) is 25.8 Å². The van der Waals surface area contributed by atoms with E-state index >= 15 is 0 Å². The Kier molecular flexibility index (Phi) is 5.80. The lowest BCUT2D eigenvalue weighted by Gasteiger charge is -2.10. The van der Waals surface area contributed by atoms with Gasteiger partial charge in [0.2, 0.25) is 0 Å². The largest absolute Gasteiger partial charge is 0.478 e. The van der Waals surface area contributed by atoms with Crippen molar-refractivity contribution < 1.29 is 19.5 Å². The summed E-state index contributed by atoms with van der Waals surface area (Å²) in [5.74, 6) is -1.44. The molecule has 0 aliphatic carbocycles. The standard InChI is InChI=1S/C11H13N3O4S/c1-7-10(19-14-13-7)11(18)12-8(6-15)4-2-3-5-9(16)17/h3,5-6,8H,2,4H2,1H3,(H,12,18)(H,16,17). The minimum atomic E-state index is -1.04. The molecule has 1 aromatic heterocycles. The molecular weight excluding hydrogens is 270 g/mol. The maximum atomic E-state index is 11.8. The monoisotopic (exact) mass is 283 g/mol. The number of aryl methyl sites for hydroxylation is 1. The molecule has 0 aromatic carbocycles. The quantitative estimate of drug-likeness (QED) is 0.559. The minimum absolute atomic E-state index is 0.338. The number of carbonyl (C=O) groups is 3. The third kappa shape index (κ3) is 4.96. The molecule has 1 heterocycles. The van der Waals surface area contributed by atoms with Gasteiger partial charge >= 0.3 is 5.97 Å². The first-order valence-corrected chi connectivity index (χ1v) is 6.26. The summed E-state index contributed by atoms with van der Waals surface area (Å²) in [5, 5.41) is 14.6. The Morgan fingerprint density at radius 3 is 2.79 bits per heavy atom. The van der Waals surface area contributed by atoms with Crippen molar-refractivity contribution in [1.82, 2.24) is 14.9 Å². The predicted octanol–water partition coefficient (Wildman–Crippen LogP) is 0.565. The summed E-state index contributed by atoms with van der Waals surface area (Å²) < 4.78 is 3.64. The number of allylic oxidation sites excluding steroid dienone is 1. The molecule has 8 heteroatoms. The molecule has 2 N–H and O–H groups in total. The number of hydrogen-bond acceptors (Lipinski definition) is 6. The molecule has 1 atom stereocenters. The van der Waals surface area contributed by atoms with Crippen molar-refractivity contribution in [1.29, 1.82) is 0 Å². The third-order valence-electron chi connectivity index (χ3n) is 2.24. The Hall–Kier alpha value is -2.09. The zero-order valence-electron chi connectivity index (χ0n) is 10.2. The smallest absolute Gasteiger partial charge is 0.327 e. The normalized spacial score (nSPS) is 12.3. The first kappa shape index (κ1) is 15.0. The number of carbonyl (C=O) groups excluding carboxylic acids is 2. The van der Waals surface area contributed by atoms with Crippen LogP contribution in [-0.4, -0.2) is 38.9 Å². The topological polar surface area (TPSA) is 109 Å². The number of nitrogens with one attached hydrogen (secondary N) is 1. The van der Waals surface area contributed by atoms with Gasteiger partial charge in [0.1, 0.15) is 11.2 Å². The lowest BCUT2D eigenvalue weighted by molar-refractivity contribution is -0.131. The van der Waals surface area contributed by atoms with Crippen molar-refractivity contribution in [2.24, 2.45) is 0 Å². The molecule has 19 heavy (non-hydrogen) atoms. The van der Waals surface area contributed by atoms with Gasteiger partial charge in [-0.2, -0.15) is 0 Å². The molecule has 0 aliphatic heterocycles. The van der Waals surface area contributed by atoms with Gasteiger partial charge in [0, 0.05) is 6.08 Å². The van der Waals surface area contributed by atoms with Crippen LogP contribution in [0.15, 0.2) is 12.2 Å². The van der Waals surface area contributed by atoms with Gasteiger partial charge in [-0.1, -0.05) is 10.6 Å². The number of carboxylic acids is 1. The van der Waals surface area contributed by atoms with E-state index in [0.717, 1.165) is 17.6 Å². The van der Waals surface area contributed by atoms with Crippen molar-refractivity contribution in [3.8, 4) is 0 Å². The Labute approximate surface area is 113 Å². The highest BCUT2D eigenvalue weighted by atomic mass is 32.1. The molecule has 0 spiro atoms. The zero-order chi connectivity index (χ0) is 14.3. The van der Waals surface area contributed by atoms with Crippen LogP contribution >= 0.6 is 11.5 Å². The van der Waals surface area contributed by atoms with Crippen LogP contribution in [0.5, 0.6) is 0 Å². The van der Waals surface area contributed by atoms with Crippen LogP contribution in [0, 0.1) is 6.92 Å². The fraction of sp³-hybridized carbons (Fsp3) is 0.364. The Balaban J connectivity index is 2.49. The fourth-order valence-corrected chi connectivity index (χ4v) is 1.87. The Bertz CT molecular complexity index is 498. The molecule has 1 rings (SSSR count). The number of aliphatic carboxylic acids is 1. The van der Waals surface area contributed by atoms with Gasteiger partial charge in [-0.3, -0.25) is 4.79 Å². The number of rotatable bonds is 7. The maximum Gasteiger partial charge on any atom is 0.327 e. The molecule has 0 fully saturated rings. The number of aldehydes is 1. The van der Waals surface area contributed by atoms with E-state index in [1.54, 1.807) is 6.92 Å². The third-order valence-corrected chi connectivity index (χ3v) is 3.07. The van der Waals surface area contributed by atoms with Crippen molar-refractivity contribution in [3.05, 3.63) is 22.7 Å². The van der Waals surface area contributed by atoms with Crippen LogP contribution in [0.4, 0.5) is 0 Å². The molecule has 0 aliphatic rings. The van der Waals surface area contributed by atoms with E-state index in [2.05, 4.69) is 14.9 Å². The van der Waals surface area contributed by atoms with Crippen LogP contribution in [0.2, 0.25) is 0 Å². The van der Waals surface area contributed by atoms with Crippen LogP contribution in [0.25, 0.3) is 0 Å². The number of nitrogens with zero attached hydrogens (tertiary/aromatic N) is 2. The van der Waals surface area contributed by atoms with E-state index in [4.69, 9.17) is 5.11 Å². The Morgan fingerprint density at radius 2 is 2.26 bits per heavy atom. The zero-order valence-corrected chi connectivity index (χ0v) is 11.0. The summed E-state index contributed by atoms with van der Waals surface area (Å²) in [5.41, 5.74) is 0.512. The minimum Gasteiger partial charge on any atom is -0.478 e. The fourth-order valence-electron chi connectivity index (χ4n) is 1.31. The molecule has 0 saturated heterocycles. The number of aromatic nitrogens is 2. The van der Waals surface area contributed by atoms with E-state index < -0.39 is 17.9 Å². The lowest BCUT2D eigenvalue weighted by Crippen LogP contribution is -2.35. The van der Waals surface area contributed by atoms with Crippen LogP contribution in [0.1, 0.15) is 28.2 Å². The maximum absolute atomic E-state index is 11.8. The summed E-state index contributed by atoms with van der Waals surface area (Å²) in [6.45, 7) is 1.66. The van der Waals surface area contributed by atoms with Crippen LogP contribution in [0.3, 0.4) is 0 Å². The first-order valence-electron chi connectivity index (χ1n) is 5.49. The lowest BCUT2D eigenvalue weighted by atomic mass is 10.1. The molecule has 1 aromatic rings. The van der Waals surface area contributed by atoms with E-state index in [0.29, 0.717) is 29.7 Å². The summed E-state index contributed by atoms with van der Waals surface area (Å²) >= 11 is 0.962. The molecular formula is C11H13N3O4S. The van der Waals surface area contributed by atoms with Gasteiger partial charge in [0.15, 0.2) is 0 Å². The summed E-state index contributed by atoms with van der Waals surface area (Å²) in [4.78, 5) is 33.2. The van der Waals surface area contributed by atoms with E-state index in [1.165, 1.54) is 6.08 Å². The second-order valence-corrected chi connectivity index (χ2v) is 4.48. The summed E-state index contributed by atoms with van der Waals surface area (Å²) in [6, 6.07) is -0.660. The van der Waals surface area contributed by atoms with E-state index in [9.17, 15) is 14.4 Å². The number of amides is 1. The van der Waals surface area contributed by atoms with Crippen LogP contribution in [-0.2, 0) is 9.59 Å². The van der Waals surface area contributed by atoms with Crippen molar-refractivity contribution >= 4 is 29.7 Å².